The number of rotatable bonds is 9. The standard InChI is InChI=1S/C15H32O/c1-6-7-8-9-10-15(16,11-13(2)3)12-14(4)5/h13-14,16H,6-12H2,1-5H3. The second-order valence-corrected chi connectivity index (χ2v) is 6.23. The zero-order chi connectivity index (χ0) is 12.6. The highest BCUT2D eigenvalue weighted by atomic mass is 16.3. The summed E-state index contributed by atoms with van der Waals surface area (Å²) < 4.78 is 0. The van der Waals surface area contributed by atoms with E-state index in [9.17, 15) is 5.11 Å². The summed E-state index contributed by atoms with van der Waals surface area (Å²) in [7, 11) is 0. The average Bonchev–Trinajstić information content (AvgIpc) is 2.09. The Morgan fingerprint density at radius 1 is 0.875 bits per heavy atom. The van der Waals surface area contributed by atoms with Crippen molar-refractivity contribution in [1.29, 1.82) is 0 Å². The van der Waals surface area contributed by atoms with E-state index in [2.05, 4.69) is 34.6 Å². The van der Waals surface area contributed by atoms with E-state index in [1.165, 1.54) is 25.7 Å². The number of hydrogen-bond donors (Lipinski definition) is 1. The number of hydrogen-bond acceptors (Lipinski definition) is 1. The summed E-state index contributed by atoms with van der Waals surface area (Å²) in [6, 6.07) is 0. The maximum Gasteiger partial charge on any atom is 0.0652 e. The number of unbranched alkanes of at least 4 members (excludes halogenated alkanes) is 3. The van der Waals surface area contributed by atoms with Crippen molar-refractivity contribution in [3.8, 4) is 0 Å². The molecule has 16 heavy (non-hydrogen) atoms. The summed E-state index contributed by atoms with van der Waals surface area (Å²) in [5.74, 6) is 1.19. The Morgan fingerprint density at radius 3 is 1.75 bits per heavy atom. The van der Waals surface area contributed by atoms with Gasteiger partial charge in [-0.25, -0.2) is 0 Å². The highest BCUT2D eigenvalue weighted by molar-refractivity contribution is 4.80. The van der Waals surface area contributed by atoms with Gasteiger partial charge in [-0.3, -0.25) is 0 Å². The molecule has 0 aliphatic carbocycles. The molecule has 0 rings (SSSR count). The Hall–Kier alpha value is -0.0400. The Kier molecular flexibility index (Phi) is 8.09. The molecule has 0 saturated heterocycles. The molecule has 0 amide bonds. The lowest BCUT2D eigenvalue weighted by Crippen LogP contribution is -2.32. The zero-order valence-electron chi connectivity index (χ0n) is 12.1. The molecule has 0 atom stereocenters. The van der Waals surface area contributed by atoms with Gasteiger partial charge < -0.3 is 5.11 Å². The van der Waals surface area contributed by atoms with Crippen molar-refractivity contribution in [3.05, 3.63) is 0 Å². The average molecular weight is 228 g/mol. The van der Waals surface area contributed by atoms with Gasteiger partial charge in [0.2, 0.25) is 0 Å². The normalized spacial score (nSPS) is 12.8. The fourth-order valence-electron chi connectivity index (χ4n) is 2.69. The van der Waals surface area contributed by atoms with Gasteiger partial charge in [-0.2, -0.15) is 0 Å². The molecule has 0 bridgehead atoms. The largest absolute Gasteiger partial charge is 0.390 e. The zero-order valence-corrected chi connectivity index (χ0v) is 12.1. The summed E-state index contributed by atoms with van der Waals surface area (Å²) in [6.07, 6.45) is 7.93. The first-order valence-corrected chi connectivity index (χ1v) is 7.12. The van der Waals surface area contributed by atoms with Crippen molar-refractivity contribution >= 4 is 0 Å². The maximum absolute atomic E-state index is 10.7. The van der Waals surface area contributed by atoms with Gasteiger partial charge >= 0.3 is 0 Å². The van der Waals surface area contributed by atoms with Gasteiger partial charge in [-0.05, 0) is 31.1 Å². The van der Waals surface area contributed by atoms with E-state index in [1.54, 1.807) is 0 Å². The first-order valence-electron chi connectivity index (χ1n) is 7.12. The lowest BCUT2D eigenvalue weighted by Gasteiger charge is -2.31. The van der Waals surface area contributed by atoms with Crippen LogP contribution in [0, 0.1) is 11.8 Å². The number of aliphatic hydroxyl groups is 1. The maximum atomic E-state index is 10.7. The Balaban J connectivity index is 4.08. The minimum absolute atomic E-state index is 0.407. The van der Waals surface area contributed by atoms with E-state index in [4.69, 9.17) is 0 Å². The minimum Gasteiger partial charge on any atom is -0.390 e. The summed E-state index contributed by atoms with van der Waals surface area (Å²) in [5, 5.41) is 10.7. The third-order valence-corrected chi connectivity index (χ3v) is 3.07. The summed E-state index contributed by atoms with van der Waals surface area (Å²) in [5.41, 5.74) is -0.407. The second-order valence-electron chi connectivity index (χ2n) is 6.23. The van der Waals surface area contributed by atoms with E-state index in [0.29, 0.717) is 11.8 Å². The third kappa shape index (κ3) is 8.15. The van der Waals surface area contributed by atoms with Crippen LogP contribution >= 0.6 is 0 Å². The molecule has 0 aliphatic heterocycles. The van der Waals surface area contributed by atoms with Gasteiger partial charge in [0.1, 0.15) is 0 Å². The van der Waals surface area contributed by atoms with Crippen LogP contribution in [-0.4, -0.2) is 10.7 Å². The second kappa shape index (κ2) is 8.11. The van der Waals surface area contributed by atoms with Crippen LogP contribution in [0.1, 0.15) is 79.6 Å². The molecular weight excluding hydrogens is 196 g/mol. The van der Waals surface area contributed by atoms with E-state index < -0.39 is 5.60 Å². The molecular formula is C15H32O. The van der Waals surface area contributed by atoms with Gasteiger partial charge in [0.05, 0.1) is 5.60 Å². The van der Waals surface area contributed by atoms with Gasteiger partial charge in [0.15, 0.2) is 0 Å². The molecule has 1 heteroatoms. The minimum atomic E-state index is -0.407. The first-order chi connectivity index (χ1) is 7.39. The van der Waals surface area contributed by atoms with Gasteiger partial charge in [-0.15, -0.1) is 0 Å². The van der Waals surface area contributed by atoms with E-state index in [1.807, 2.05) is 0 Å². The Bertz CT molecular complexity index is 151. The quantitative estimate of drug-likeness (QED) is 0.563. The van der Waals surface area contributed by atoms with Crippen molar-refractivity contribution in [2.24, 2.45) is 11.8 Å². The van der Waals surface area contributed by atoms with Crippen molar-refractivity contribution in [2.75, 3.05) is 0 Å². The molecule has 0 radical (unpaired) electrons. The van der Waals surface area contributed by atoms with Crippen LogP contribution in [0.4, 0.5) is 0 Å². The lowest BCUT2D eigenvalue weighted by atomic mass is 9.81. The predicted octanol–water partition coefficient (Wildman–Crippen LogP) is 4.78. The van der Waals surface area contributed by atoms with Crippen molar-refractivity contribution in [3.63, 3.8) is 0 Å². The molecule has 98 valence electrons. The Morgan fingerprint density at radius 2 is 1.38 bits per heavy atom. The van der Waals surface area contributed by atoms with Crippen LogP contribution in [0.25, 0.3) is 0 Å². The molecule has 0 aromatic heterocycles. The molecule has 0 heterocycles. The molecule has 1 N–H and O–H groups in total. The lowest BCUT2D eigenvalue weighted by molar-refractivity contribution is -0.00945. The van der Waals surface area contributed by atoms with Crippen LogP contribution in [0.5, 0.6) is 0 Å². The fraction of sp³-hybridized carbons (Fsp3) is 1.00. The van der Waals surface area contributed by atoms with Crippen molar-refractivity contribution < 1.29 is 5.11 Å². The molecule has 0 aliphatic rings. The SMILES string of the molecule is CCCCCCC(O)(CC(C)C)CC(C)C. The smallest absolute Gasteiger partial charge is 0.0652 e. The third-order valence-electron chi connectivity index (χ3n) is 3.07. The summed E-state index contributed by atoms with van der Waals surface area (Å²) in [6.45, 7) is 11.1. The molecule has 0 spiro atoms. The van der Waals surface area contributed by atoms with Gasteiger partial charge in [-0.1, -0.05) is 60.3 Å². The highest BCUT2D eigenvalue weighted by Crippen LogP contribution is 2.30. The van der Waals surface area contributed by atoms with Crippen molar-refractivity contribution in [2.45, 2.75) is 85.2 Å². The molecule has 0 aromatic rings. The Labute approximate surface area is 103 Å². The van der Waals surface area contributed by atoms with Gasteiger partial charge in [0.25, 0.3) is 0 Å². The molecule has 1 nitrogen and oxygen atoms in total. The highest BCUT2D eigenvalue weighted by Gasteiger charge is 2.28. The van der Waals surface area contributed by atoms with Crippen LogP contribution in [0.15, 0.2) is 0 Å². The fourth-order valence-corrected chi connectivity index (χ4v) is 2.69. The van der Waals surface area contributed by atoms with Crippen LogP contribution in [0.3, 0.4) is 0 Å². The van der Waals surface area contributed by atoms with Crippen LogP contribution < -0.4 is 0 Å². The molecule has 0 unspecified atom stereocenters. The molecule has 0 saturated carbocycles. The van der Waals surface area contributed by atoms with E-state index in [0.717, 1.165) is 19.3 Å². The van der Waals surface area contributed by atoms with Crippen LogP contribution in [0.2, 0.25) is 0 Å². The van der Waals surface area contributed by atoms with E-state index in [-0.39, 0.29) is 0 Å². The molecule has 0 aromatic carbocycles. The van der Waals surface area contributed by atoms with Crippen LogP contribution in [-0.2, 0) is 0 Å². The topological polar surface area (TPSA) is 20.2 Å². The predicted molar refractivity (Wildman–Crippen MR) is 72.6 cm³/mol. The monoisotopic (exact) mass is 228 g/mol. The van der Waals surface area contributed by atoms with E-state index >= 15 is 0 Å². The molecule has 0 fully saturated rings. The first kappa shape index (κ1) is 16.0. The summed E-state index contributed by atoms with van der Waals surface area (Å²) in [4.78, 5) is 0. The summed E-state index contributed by atoms with van der Waals surface area (Å²) >= 11 is 0. The van der Waals surface area contributed by atoms with Crippen molar-refractivity contribution in [1.82, 2.24) is 0 Å². The van der Waals surface area contributed by atoms with Gasteiger partial charge in [0, 0.05) is 0 Å².